The van der Waals surface area contributed by atoms with Gasteiger partial charge in [-0.1, -0.05) is 18.5 Å². The molecule has 1 rings (SSSR count). The van der Waals surface area contributed by atoms with Crippen molar-refractivity contribution in [1.29, 1.82) is 0 Å². The van der Waals surface area contributed by atoms with E-state index >= 15 is 0 Å². The van der Waals surface area contributed by atoms with Crippen molar-refractivity contribution in [3.8, 4) is 5.75 Å². The minimum Gasteiger partial charge on any atom is -0.496 e. The second-order valence-electron chi connectivity index (χ2n) is 4.97. The Hall–Kier alpha value is -1.17. The zero-order valence-electron chi connectivity index (χ0n) is 12.4. The second kappa shape index (κ2) is 8.97. The van der Waals surface area contributed by atoms with E-state index < -0.39 is 0 Å². The zero-order valence-corrected chi connectivity index (χ0v) is 13.9. The number of anilines is 1. The molecule has 2 unspecified atom stereocenters. The van der Waals surface area contributed by atoms with Crippen LogP contribution in [-0.4, -0.2) is 30.8 Å². The van der Waals surface area contributed by atoms with Gasteiger partial charge < -0.3 is 20.9 Å². The van der Waals surface area contributed by atoms with Crippen LogP contribution in [0.5, 0.6) is 5.75 Å². The van der Waals surface area contributed by atoms with Crippen LogP contribution < -0.4 is 15.8 Å². The molecule has 0 aliphatic rings. The molecule has 0 saturated heterocycles. The summed E-state index contributed by atoms with van der Waals surface area (Å²) in [6.45, 7) is 4.15. The third kappa shape index (κ3) is 5.99. The van der Waals surface area contributed by atoms with Gasteiger partial charge in [-0.2, -0.15) is 0 Å². The summed E-state index contributed by atoms with van der Waals surface area (Å²) < 4.78 is 5.13. The van der Waals surface area contributed by atoms with E-state index in [9.17, 15) is 9.90 Å². The van der Waals surface area contributed by atoms with Crippen LogP contribution in [0.25, 0.3) is 0 Å². The predicted octanol–water partition coefficient (Wildman–Crippen LogP) is 2.49. The van der Waals surface area contributed by atoms with E-state index in [-0.39, 0.29) is 30.3 Å². The molecule has 120 valence electrons. The Kier molecular flexibility index (Phi) is 8.47. The maximum Gasteiger partial charge on any atom is 0.255 e. The lowest BCUT2D eigenvalue weighted by atomic mass is 10.0. The van der Waals surface area contributed by atoms with Crippen molar-refractivity contribution < 1.29 is 14.6 Å². The molecule has 0 saturated carbocycles. The van der Waals surface area contributed by atoms with Gasteiger partial charge in [0.25, 0.3) is 5.91 Å². The van der Waals surface area contributed by atoms with Gasteiger partial charge in [-0.05, 0) is 25.3 Å². The standard InChI is InChI=1S/C14H21ClN2O3.ClH/c1-8(4-9(2)18)7-17-14(19)10-5-11(15)12(16)6-13(10)20-3;/h5-6,8-9,18H,4,7,16H2,1-3H3,(H,17,19);1H. The summed E-state index contributed by atoms with van der Waals surface area (Å²) in [5, 5.41) is 12.4. The fraction of sp³-hybridized carbons (Fsp3) is 0.500. The van der Waals surface area contributed by atoms with Crippen LogP contribution in [-0.2, 0) is 0 Å². The number of aliphatic hydroxyl groups excluding tert-OH is 1. The number of nitrogens with one attached hydrogen (secondary N) is 1. The number of ether oxygens (including phenoxy) is 1. The van der Waals surface area contributed by atoms with E-state index in [4.69, 9.17) is 22.1 Å². The van der Waals surface area contributed by atoms with Crippen molar-refractivity contribution in [2.24, 2.45) is 5.92 Å². The molecule has 1 aromatic carbocycles. The third-order valence-corrected chi connectivity index (χ3v) is 3.25. The molecule has 0 bridgehead atoms. The monoisotopic (exact) mass is 336 g/mol. The molecule has 0 aromatic heterocycles. The van der Waals surface area contributed by atoms with Crippen molar-refractivity contribution in [2.75, 3.05) is 19.4 Å². The fourth-order valence-electron chi connectivity index (χ4n) is 1.94. The lowest BCUT2D eigenvalue weighted by Gasteiger charge is -2.15. The highest BCUT2D eigenvalue weighted by molar-refractivity contribution is 6.33. The van der Waals surface area contributed by atoms with Crippen LogP contribution in [0.1, 0.15) is 30.6 Å². The topological polar surface area (TPSA) is 84.6 Å². The number of halogens is 2. The molecule has 4 N–H and O–H groups in total. The fourth-order valence-corrected chi connectivity index (χ4v) is 2.11. The summed E-state index contributed by atoms with van der Waals surface area (Å²) in [5.74, 6) is 0.281. The molecule has 0 spiro atoms. The number of hydrogen-bond acceptors (Lipinski definition) is 4. The Morgan fingerprint density at radius 3 is 2.62 bits per heavy atom. The molecule has 0 aliphatic carbocycles. The molecule has 21 heavy (non-hydrogen) atoms. The normalized spacial score (nSPS) is 13.0. The number of carbonyl (C=O) groups is 1. The van der Waals surface area contributed by atoms with E-state index in [2.05, 4.69) is 5.32 Å². The summed E-state index contributed by atoms with van der Waals surface area (Å²) in [6, 6.07) is 3.01. The number of nitrogens with two attached hydrogens (primary N) is 1. The predicted molar refractivity (Wildman–Crippen MR) is 87.5 cm³/mol. The first-order valence-corrected chi connectivity index (χ1v) is 6.82. The first-order valence-electron chi connectivity index (χ1n) is 6.44. The lowest BCUT2D eigenvalue weighted by Crippen LogP contribution is -2.29. The first-order chi connectivity index (χ1) is 9.35. The molecule has 0 aliphatic heterocycles. The summed E-state index contributed by atoms with van der Waals surface area (Å²) >= 11 is 5.92. The molecular formula is C14H22Cl2N2O3. The van der Waals surface area contributed by atoms with Crippen LogP contribution in [0.2, 0.25) is 5.02 Å². The minimum atomic E-state index is -0.387. The number of rotatable bonds is 6. The van der Waals surface area contributed by atoms with Crippen LogP contribution in [0, 0.1) is 5.92 Å². The summed E-state index contributed by atoms with van der Waals surface area (Å²) in [6.07, 6.45) is 0.238. The van der Waals surface area contributed by atoms with Crippen molar-refractivity contribution in [1.82, 2.24) is 5.32 Å². The Morgan fingerprint density at radius 1 is 1.48 bits per heavy atom. The smallest absolute Gasteiger partial charge is 0.255 e. The van der Waals surface area contributed by atoms with Crippen molar-refractivity contribution >= 4 is 35.6 Å². The van der Waals surface area contributed by atoms with Crippen molar-refractivity contribution in [3.63, 3.8) is 0 Å². The summed E-state index contributed by atoms with van der Waals surface area (Å²) in [5.41, 5.74) is 6.38. The highest BCUT2D eigenvalue weighted by atomic mass is 35.5. The highest BCUT2D eigenvalue weighted by Crippen LogP contribution is 2.28. The van der Waals surface area contributed by atoms with E-state index in [1.54, 1.807) is 6.92 Å². The molecule has 2 atom stereocenters. The lowest BCUT2D eigenvalue weighted by molar-refractivity contribution is 0.0936. The van der Waals surface area contributed by atoms with E-state index in [0.717, 1.165) is 0 Å². The van der Waals surface area contributed by atoms with Gasteiger partial charge in [0, 0.05) is 12.6 Å². The molecule has 5 nitrogen and oxygen atoms in total. The molecule has 0 fully saturated rings. The van der Waals surface area contributed by atoms with Gasteiger partial charge in [0.1, 0.15) is 5.75 Å². The molecular weight excluding hydrogens is 315 g/mol. The van der Waals surface area contributed by atoms with E-state index in [0.29, 0.717) is 35.0 Å². The number of hydrogen-bond donors (Lipinski definition) is 3. The van der Waals surface area contributed by atoms with Gasteiger partial charge in [0.15, 0.2) is 0 Å². The van der Waals surface area contributed by atoms with Crippen LogP contribution in [0.15, 0.2) is 12.1 Å². The maximum absolute atomic E-state index is 12.1. The van der Waals surface area contributed by atoms with E-state index in [1.807, 2.05) is 6.92 Å². The number of nitrogen functional groups attached to an aromatic ring is 1. The second-order valence-corrected chi connectivity index (χ2v) is 5.38. The number of amides is 1. The number of methoxy groups -OCH3 is 1. The van der Waals surface area contributed by atoms with Crippen LogP contribution in [0.3, 0.4) is 0 Å². The quantitative estimate of drug-likeness (QED) is 0.696. The summed E-state index contributed by atoms with van der Waals surface area (Å²) in [7, 11) is 1.47. The number of aliphatic hydroxyl groups is 1. The highest BCUT2D eigenvalue weighted by Gasteiger charge is 2.16. The van der Waals surface area contributed by atoms with E-state index in [1.165, 1.54) is 19.2 Å². The van der Waals surface area contributed by atoms with Crippen molar-refractivity contribution in [2.45, 2.75) is 26.4 Å². The third-order valence-electron chi connectivity index (χ3n) is 2.92. The van der Waals surface area contributed by atoms with Gasteiger partial charge in [-0.3, -0.25) is 4.79 Å². The average molecular weight is 337 g/mol. The average Bonchev–Trinajstić information content (AvgIpc) is 2.37. The molecule has 1 amide bonds. The van der Waals surface area contributed by atoms with Crippen LogP contribution in [0.4, 0.5) is 5.69 Å². The molecule has 7 heteroatoms. The SMILES string of the molecule is COc1cc(N)c(Cl)cc1C(=O)NCC(C)CC(C)O.Cl. The Balaban J connectivity index is 0.00000400. The van der Waals surface area contributed by atoms with Crippen molar-refractivity contribution in [3.05, 3.63) is 22.7 Å². The molecule has 0 radical (unpaired) electrons. The largest absolute Gasteiger partial charge is 0.496 e. The minimum absolute atomic E-state index is 0. The zero-order chi connectivity index (χ0) is 15.3. The Bertz CT molecular complexity index is 482. The van der Waals surface area contributed by atoms with Gasteiger partial charge >= 0.3 is 0 Å². The van der Waals surface area contributed by atoms with Gasteiger partial charge in [0.05, 0.1) is 29.5 Å². The Morgan fingerprint density at radius 2 is 2.10 bits per heavy atom. The molecule has 1 aromatic rings. The van der Waals surface area contributed by atoms with Gasteiger partial charge in [-0.15, -0.1) is 12.4 Å². The Labute approximate surface area is 136 Å². The number of carbonyl (C=O) groups excluding carboxylic acids is 1. The first kappa shape index (κ1) is 19.8. The summed E-state index contributed by atoms with van der Waals surface area (Å²) in [4.78, 5) is 12.1. The molecule has 0 heterocycles. The van der Waals surface area contributed by atoms with Gasteiger partial charge in [-0.25, -0.2) is 0 Å². The van der Waals surface area contributed by atoms with Gasteiger partial charge in [0.2, 0.25) is 0 Å². The van der Waals surface area contributed by atoms with Crippen LogP contribution >= 0.6 is 24.0 Å². The maximum atomic E-state index is 12.1. The number of benzene rings is 1.